The lowest BCUT2D eigenvalue weighted by atomic mass is 9.79. The van der Waals surface area contributed by atoms with E-state index in [2.05, 4.69) is 0 Å². The third-order valence-corrected chi connectivity index (χ3v) is 3.31. The van der Waals surface area contributed by atoms with E-state index < -0.39 is 7.12 Å². The van der Waals surface area contributed by atoms with Gasteiger partial charge in [-0.2, -0.15) is 0 Å². The average Bonchev–Trinajstić information content (AvgIpc) is 2.38. The van der Waals surface area contributed by atoms with Crippen molar-refractivity contribution in [1.82, 2.24) is 0 Å². The molecule has 0 aromatic heterocycles. The van der Waals surface area contributed by atoms with Crippen molar-refractivity contribution in [3.63, 3.8) is 0 Å². The van der Waals surface area contributed by atoms with Crippen LogP contribution in [0.25, 0.3) is 0 Å². The largest absolute Gasteiger partial charge is 0.493 e. The highest BCUT2D eigenvalue weighted by molar-refractivity contribution is 6.58. The van der Waals surface area contributed by atoms with Crippen molar-refractivity contribution in [2.24, 2.45) is 5.92 Å². The van der Waals surface area contributed by atoms with Crippen molar-refractivity contribution >= 4 is 12.6 Å². The zero-order chi connectivity index (χ0) is 13.0. The summed E-state index contributed by atoms with van der Waals surface area (Å²) in [6.45, 7) is 4.25. The molecule has 1 saturated heterocycles. The number of hydrogen-bond acceptors (Lipinski definition) is 4. The molecule has 0 spiro atoms. The van der Waals surface area contributed by atoms with Gasteiger partial charge >= 0.3 is 7.12 Å². The minimum Gasteiger partial charge on any atom is -0.493 e. The molecule has 0 amide bonds. The Kier molecular flexibility index (Phi) is 4.63. The Morgan fingerprint density at radius 2 is 2.06 bits per heavy atom. The highest BCUT2D eigenvalue weighted by Gasteiger charge is 2.16. The molecule has 18 heavy (non-hydrogen) atoms. The molecule has 1 aliphatic heterocycles. The van der Waals surface area contributed by atoms with Gasteiger partial charge in [-0.3, -0.25) is 0 Å². The number of benzene rings is 1. The number of aryl methyl sites for hydroxylation is 1. The van der Waals surface area contributed by atoms with Gasteiger partial charge in [0.25, 0.3) is 0 Å². The van der Waals surface area contributed by atoms with Crippen molar-refractivity contribution in [2.45, 2.75) is 19.8 Å². The summed E-state index contributed by atoms with van der Waals surface area (Å²) in [5.74, 6) is 1.37. The summed E-state index contributed by atoms with van der Waals surface area (Å²) in [7, 11) is -1.42. The van der Waals surface area contributed by atoms with Crippen LogP contribution in [0.2, 0.25) is 0 Å². The lowest BCUT2D eigenvalue weighted by molar-refractivity contribution is 0.0496. The fraction of sp³-hybridized carbons (Fsp3) is 0.538. The van der Waals surface area contributed by atoms with Gasteiger partial charge < -0.3 is 19.5 Å². The van der Waals surface area contributed by atoms with E-state index in [1.54, 1.807) is 18.2 Å². The first-order valence-corrected chi connectivity index (χ1v) is 6.34. The molecule has 0 radical (unpaired) electrons. The second-order valence-corrected chi connectivity index (χ2v) is 4.77. The molecule has 2 N–H and O–H groups in total. The quantitative estimate of drug-likeness (QED) is 0.763. The first-order valence-electron chi connectivity index (χ1n) is 6.34. The standard InChI is InChI=1S/C13H19BO4/c1-10-8-12(14(15)16)2-3-13(10)18-9-11-4-6-17-7-5-11/h2-3,8,11,15-16H,4-7,9H2,1H3. The Balaban J connectivity index is 1.92. The van der Waals surface area contributed by atoms with Crippen LogP contribution in [0, 0.1) is 12.8 Å². The Labute approximate surface area is 108 Å². The highest BCUT2D eigenvalue weighted by atomic mass is 16.5. The lowest BCUT2D eigenvalue weighted by Crippen LogP contribution is -2.30. The van der Waals surface area contributed by atoms with Crippen molar-refractivity contribution < 1.29 is 19.5 Å². The van der Waals surface area contributed by atoms with Gasteiger partial charge in [0.1, 0.15) is 5.75 Å². The van der Waals surface area contributed by atoms with E-state index in [1.807, 2.05) is 6.92 Å². The van der Waals surface area contributed by atoms with Crippen LogP contribution in [0.4, 0.5) is 0 Å². The van der Waals surface area contributed by atoms with Gasteiger partial charge in [-0.25, -0.2) is 0 Å². The minimum absolute atomic E-state index is 0.492. The van der Waals surface area contributed by atoms with Crippen LogP contribution in [0.5, 0.6) is 5.75 Å². The van der Waals surface area contributed by atoms with E-state index in [0.717, 1.165) is 37.4 Å². The molecular weight excluding hydrogens is 231 g/mol. The van der Waals surface area contributed by atoms with E-state index in [9.17, 15) is 0 Å². The second-order valence-electron chi connectivity index (χ2n) is 4.77. The molecule has 4 nitrogen and oxygen atoms in total. The molecule has 1 fully saturated rings. The summed E-state index contributed by atoms with van der Waals surface area (Å²) in [5.41, 5.74) is 1.42. The molecule has 0 unspecified atom stereocenters. The van der Waals surface area contributed by atoms with Gasteiger partial charge in [0.2, 0.25) is 0 Å². The highest BCUT2D eigenvalue weighted by Crippen LogP contribution is 2.20. The van der Waals surface area contributed by atoms with Gasteiger partial charge in [0, 0.05) is 13.2 Å². The minimum atomic E-state index is -1.42. The van der Waals surface area contributed by atoms with Crippen LogP contribution < -0.4 is 10.2 Å². The molecule has 0 saturated carbocycles. The van der Waals surface area contributed by atoms with Gasteiger partial charge in [-0.15, -0.1) is 0 Å². The van der Waals surface area contributed by atoms with Crippen molar-refractivity contribution in [2.75, 3.05) is 19.8 Å². The molecule has 1 aromatic rings. The summed E-state index contributed by atoms with van der Waals surface area (Å²) >= 11 is 0. The molecule has 5 heteroatoms. The average molecular weight is 250 g/mol. The summed E-state index contributed by atoms with van der Waals surface area (Å²) < 4.78 is 11.1. The third kappa shape index (κ3) is 3.48. The van der Waals surface area contributed by atoms with Crippen molar-refractivity contribution in [3.05, 3.63) is 23.8 Å². The predicted octanol–water partition coefficient (Wildman–Crippen LogP) is 0.480. The molecule has 98 valence electrons. The van der Waals surface area contributed by atoms with Gasteiger partial charge in [0.15, 0.2) is 0 Å². The summed E-state index contributed by atoms with van der Waals surface area (Å²) in [6.07, 6.45) is 2.10. The fourth-order valence-electron chi connectivity index (χ4n) is 2.12. The zero-order valence-corrected chi connectivity index (χ0v) is 10.6. The lowest BCUT2D eigenvalue weighted by Gasteiger charge is -2.22. The first-order chi connectivity index (χ1) is 8.66. The predicted molar refractivity (Wildman–Crippen MR) is 70.0 cm³/mol. The number of rotatable bonds is 4. The summed E-state index contributed by atoms with van der Waals surface area (Å²) in [5, 5.41) is 18.1. The molecule has 0 atom stereocenters. The molecule has 0 aliphatic carbocycles. The Hall–Kier alpha value is -1.04. The van der Waals surface area contributed by atoms with Crippen LogP contribution in [-0.4, -0.2) is 37.0 Å². The monoisotopic (exact) mass is 250 g/mol. The van der Waals surface area contributed by atoms with E-state index in [1.165, 1.54) is 0 Å². The summed E-state index contributed by atoms with van der Waals surface area (Å²) in [4.78, 5) is 0. The number of hydrogen-bond donors (Lipinski definition) is 2. The van der Waals surface area contributed by atoms with Gasteiger partial charge in [0.05, 0.1) is 6.61 Å². The summed E-state index contributed by atoms with van der Waals surface area (Å²) in [6, 6.07) is 5.21. The molecule has 2 rings (SSSR count). The van der Waals surface area contributed by atoms with Gasteiger partial charge in [-0.05, 0) is 42.8 Å². The molecule has 1 heterocycles. The maximum absolute atomic E-state index is 9.07. The van der Waals surface area contributed by atoms with Crippen molar-refractivity contribution in [1.29, 1.82) is 0 Å². The van der Waals surface area contributed by atoms with Crippen LogP contribution in [-0.2, 0) is 4.74 Å². The first kappa shape index (κ1) is 13.4. The fourth-order valence-corrected chi connectivity index (χ4v) is 2.12. The van der Waals surface area contributed by atoms with Crippen LogP contribution >= 0.6 is 0 Å². The SMILES string of the molecule is Cc1cc(B(O)O)ccc1OCC1CCOCC1. The van der Waals surface area contributed by atoms with Gasteiger partial charge in [-0.1, -0.05) is 12.1 Å². The van der Waals surface area contributed by atoms with Crippen LogP contribution in [0.3, 0.4) is 0 Å². The van der Waals surface area contributed by atoms with Crippen molar-refractivity contribution in [3.8, 4) is 5.75 Å². The molecule has 1 aromatic carbocycles. The van der Waals surface area contributed by atoms with E-state index in [-0.39, 0.29) is 0 Å². The smallest absolute Gasteiger partial charge is 0.488 e. The Bertz CT molecular complexity index is 389. The maximum Gasteiger partial charge on any atom is 0.488 e. The van der Waals surface area contributed by atoms with E-state index in [0.29, 0.717) is 18.0 Å². The Morgan fingerprint density at radius 3 is 2.67 bits per heavy atom. The van der Waals surface area contributed by atoms with Crippen LogP contribution in [0.15, 0.2) is 18.2 Å². The zero-order valence-electron chi connectivity index (χ0n) is 10.6. The second kappa shape index (κ2) is 6.23. The maximum atomic E-state index is 9.07. The third-order valence-electron chi connectivity index (χ3n) is 3.31. The normalized spacial score (nSPS) is 16.6. The Morgan fingerprint density at radius 1 is 1.33 bits per heavy atom. The van der Waals surface area contributed by atoms with E-state index in [4.69, 9.17) is 19.5 Å². The topological polar surface area (TPSA) is 58.9 Å². The van der Waals surface area contributed by atoms with E-state index >= 15 is 0 Å². The molecule has 1 aliphatic rings. The molecule has 0 bridgehead atoms. The van der Waals surface area contributed by atoms with Crippen LogP contribution in [0.1, 0.15) is 18.4 Å². The number of ether oxygens (including phenoxy) is 2. The molecular formula is C13H19BO4.